The van der Waals surface area contributed by atoms with Crippen LogP contribution in [0.25, 0.3) is 0 Å². The van der Waals surface area contributed by atoms with Crippen molar-refractivity contribution < 1.29 is 27.9 Å². The van der Waals surface area contributed by atoms with Crippen LogP contribution in [0.2, 0.25) is 0 Å². The third kappa shape index (κ3) is 5.75. The first-order valence-corrected chi connectivity index (χ1v) is 20.3. The SMILES string of the molecule is C=C(C)[C@@H]1CC[C@]2(CCN(C)S(C)(=O)=O)CC[C@]3(C)[C@H](CC[C@@H]4[C@@]5(C)CC[C@H](OC(=O)CC(C)(C)C(=O)O)C(C)(C)[C@@H]5CC[C@]43C)[C@@H]12. The van der Waals surface area contributed by atoms with Crippen molar-refractivity contribution in [2.45, 2.75) is 139 Å². The van der Waals surface area contributed by atoms with Gasteiger partial charge in [0.15, 0.2) is 0 Å². The first-order chi connectivity index (χ1) is 21.5. The zero-order chi connectivity index (χ0) is 35.2. The van der Waals surface area contributed by atoms with Crippen molar-refractivity contribution in [3.8, 4) is 0 Å². The summed E-state index contributed by atoms with van der Waals surface area (Å²) in [5.41, 5.74) is 0.689. The fourth-order valence-corrected chi connectivity index (χ4v) is 13.5. The van der Waals surface area contributed by atoms with E-state index >= 15 is 0 Å². The van der Waals surface area contributed by atoms with Crippen molar-refractivity contribution in [2.24, 2.45) is 62.1 Å². The van der Waals surface area contributed by atoms with Gasteiger partial charge in [0.05, 0.1) is 18.1 Å². The molecule has 0 radical (unpaired) electrons. The van der Waals surface area contributed by atoms with E-state index in [1.807, 2.05) is 0 Å². The Bertz CT molecular complexity index is 1390. The van der Waals surface area contributed by atoms with Gasteiger partial charge >= 0.3 is 11.9 Å². The normalized spacial score (nSPS) is 42.9. The fourth-order valence-electron chi connectivity index (χ4n) is 13.1. The summed E-state index contributed by atoms with van der Waals surface area (Å²) >= 11 is 0. The van der Waals surface area contributed by atoms with Crippen molar-refractivity contribution in [2.75, 3.05) is 19.8 Å². The number of ether oxygens (including phenoxy) is 1. The van der Waals surface area contributed by atoms with Gasteiger partial charge in [0, 0.05) is 19.0 Å². The largest absolute Gasteiger partial charge is 0.481 e. The van der Waals surface area contributed by atoms with E-state index in [2.05, 4.69) is 48.1 Å². The van der Waals surface area contributed by atoms with Gasteiger partial charge in [-0.25, -0.2) is 12.7 Å². The van der Waals surface area contributed by atoms with E-state index in [1.54, 1.807) is 25.2 Å². The molecule has 0 aromatic carbocycles. The van der Waals surface area contributed by atoms with E-state index in [9.17, 15) is 23.1 Å². The van der Waals surface area contributed by atoms with Crippen LogP contribution in [0, 0.1) is 62.1 Å². The highest BCUT2D eigenvalue weighted by atomic mass is 32.2. The van der Waals surface area contributed by atoms with E-state index < -0.39 is 27.4 Å². The number of carbonyl (C=O) groups excluding carboxylic acids is 1. The van der Waals surface area contributed by atoms with E-state index in [0.717, 1.165) is 25.7 Å². The van der Waals surface area contributed by atoms with Crippen LogP contribution < -0.4 is 0 Å². The molecule has 5 rings (SSSR count). The maximum atomic E-state index is 13.0. The number of hydrogen-bond donors (Lipinski definition) is 1. The zero-order valence-electron chi connectivity index (χ0n) is 31.2. The first-order valence-electron chi connectivity index (χ1n) is 18.5. The summed E-state index contributed by atoms with van der Waals surface area (Å²) < 4.78 is 32.4. The minimum absolute atomic E-state index is 0.115. The lowest BCUT2D eigenvalue weighted by molar-refractivity contribution is -0.250. The molecule has 0 amide bonds. The molecule has 0 aromatic heterocycles. The second-order valence-electron chi connectivity index (χ2n) is 19.1. The maximum Gasteiger partial charge on any atom is 0.309 e. The van der Waals surface area contributed by atoms with E-state index in [4.69, 9.17) is 4.74 Å². The summed E-state index contributed by atoms with van der Waals surface area (Å²) in [5.74, 6) is 1.30. The third-order valence-electron chi connectivity index (χ3n) is 16.1. The van der Waals surface area contributed by atoms with Gasteiger partial charge in [-0.2, -0.15) is 0 Å². The number of fused-ring (bicyclic) bond motifs is 7. The number of carboxylic acid groups (broad SMARTS) is 1. The number of carbonyl (C=O) groups is 2. The smallest absolute Gasteiger partial charge is 0.309 e. The molecule has 0 aliphatic heterocycles. The molecular weight excluding hydrogens is 610 g/mol. The number of allylic oxidation sites excluding steroid dienone is 1. The Balaban J connectivity index is 1.41. The van der Waals surface area contributed by atoms with Crippen LogP contribution >= 0.6 is 0 Å². The average Bonchev–Trinajstić information content (AvgIpc) is 3.33. The number of nitrogens with zero attached hydrogens (tertiary/aromatic N) is 1. The minimum atomic E-state index is -3.21. The minimum Gasteiger partial charge on any atom is -0.481 e. The second-order valence-corrected chi connectivity index (χ2v) is 21.2. The molecule has 268 valence electrons. The molecular formula is C39H65NO6S. The van der Waals surface area contributed by atoms with Crippen molar-refractivity contribution in [3.63, 3.8) is 0 Å². The number of sulfonamides is 1. The molecule has 0 unspecified atom stereocenters. The summed E-state index contributed by atoms with van der Waals surface area (Å²) in [7, 11) is -1.48. The predicted molar refractivity (Wildman–Crippen MR) is 187 cm³/mol. The molecule has 5 aliphatic rings. The van der Waals surface area contributed by atoms with Gasteiger partial charge in [0.25, 0.3) is 0 Å². The van der Waals surface area contributed by atoms with Crippen molar-refractivity contribution >= 4 is 22.0 Å². The Kier molecular flexibility index (Phi) is 9.29. The van der Waals surface area contributed by atoms with Gasteiger partial charge in [0.2, 0.25) is 10.0 Å². The molecule has 1 N–H and O–H groups in total. The van der Waals surface area contributed by atoms with Gasteiger partial charge in [-0.3, -0.25) is 9.59 Å². The van der Waals surface area contributed by atoms with Crippen molar-refractivity contribution in [1.82, 2.24) is 4.31 Å². The Labute approximate surface area is 286 Å². The molecule has 47 heavy (non-hydrogen) atoms. The van der Waals surface area contributed by atoms with Gasteiger partial charge in [-0.15, -0.1) is 0 Å². The highest BCUT2D eigenvalue weighted by molar-refractivity contribution is 7.88. The van der Waals surface area contributed by atoms with Gasteiger partial charge in [0.1, 0.15) is 6.10 Å². The fraction of sp³-hybridized carbons (Fsp3) is 0.897. The standard InChI is InChI=1S/C39H65NO6S/c1-25(2)26-14-19-39(22-23-40(10)47(11,44)45)21-20-37(8)27(32(26)39)12-13-29-36(7)17-16-30(46-31(41)24-34(3,4)33(42)43)35(5,6)28(36)15-18-38(29,37)9/h26-30,32H,1,12-24H2,2-11H3,(H,42,43)/t26-,27+,28-,29+,30-,32+,36-,37+,38+,39+/m0/s1. The number of aliphatic carboxylic acids is 1. The topological polar surface area (TPSA) is 101 Å². The maximum absolute atomic E-state index is 13.0. The lowest BCUT2D eigenvalue weighted by Crippen LogP contribution is -2.66. The summed E-state index contributed by atoms with van der Waals surface area (Å²) in [4.78, 5) is 24.7. The van der Waals surface area contributed by atoms with Crippen LogP contribution in [0.4, 0.5) is 0 Å². The molecule has 10 atom stereocenters. The molecule has 0 saturated heterocycles. The second kappa shape index (κ2) is 11.8. The lowest BCUT2D eigenvalue weighted by atomic mass is 9.32. The van der Waals surface area contributed by atoms with Crippen LogP contribution in [0.1, 0.15) is 132 Å². The van der Waals surface area contributed by atoms with Crippen molar-refractivity contribution in [3.05, 3.63) is 12.2 Å². The summed E-state index contributed by atoms with van der Waals surface area (Å²) in [6.07, 6.45) is 13.3. The summed E-state index contributed by atoms with van der Waals surface area (Å²) in [6.45, 7) is 22.9. The highest BCUT2D eigenvalue weighted by Crippen LogP contribution is 2.78. The zero-order valence-corrected chi connectivity index (χ0v) is 32.0. The number of carboxylic acids is 1. The van der Waals surface area contributed by atoms with Gasteiger partial charge in [-0.05, 0) is 143 Å². The first kappa shape index (κ1) is 36.9. The summed E-state index contributed by atoms with van der Waals surface area (Å²) in [6, 6.07) is 0. The van der Waals surface area contributed by atoms with Crippen LogP contribution in [0.15, 0.2) is 12.2 Å². The van der Waals surface area contributed by atoms with E-state index in [0.29, 0.717) is 36.1 Å². The Morgan fingerprint density at radius 1 is 0.915 bits per heavy atom. The average molecular weight is 676 g/mol. The van der Waals surface area contributed by atoms with Crippen LogP contribution in [0.5, 0.6) is 0 Å². The van der Waals surface area contributed by atoms with Crippen molar-refractivity contribution in [1.29, 1.82) is 0 Å². The molecule has 7 nitrogen and oxygen atoms in total. The Morgan fingerprint density at radius 3 is 2.17 bits per heavy atom. The Hall–Kier alpha value is -1.41. The van der Waals surface area contributed by atoms with Gasteiger partial charge in [-0.1, -0.05) is 46.8 Å². The predicted octanol–water partition coefficient (Wildman–Crippen LogP) is 8.34. The molecule has 8 heteroatoms. The monoisotopic (exact) mass is 675 g/mol. The molecule has 5 aliphatic carbocycles. The molecule has 5 fully saturated rings. The van der Waals surface area contributed by atoms with E-state index in [1.165, 1.54) is 56.8 Å². The number of rotatable bonds is 9. The quantitative estimate of drug-likeness (QED) is 0.195. The van der Waals surface area contributed by atoms with Crippen LogP contribution in [0.3, 0.4) is 0 Å². The number of esters is 1. The highest BCUT2D eigenvalue weighted by Gasteiger charge is 2.71. The number of hydrogen-bond acceptors (Lipinski definition) is 5. The van der Waals surface area contributed by atoms with Gasteiger partial charge < -0.3 is 9.84 Å². The molecule has 0 heterocycles. The molecule has 5 saturated carbocycles. The Morgan fingerprint density at radius 2 is 1.57 bits per heavy atom. The van der Waals surface area contributed by atoms with Crippen LogP contribution in [-0.2, 0) is 24.3 Å². The summed E-state index contributed by atoms with van der Waals surface area (Å²) in [5, 5.41) is 9.57. The van der Waals surface area contributed by atoms with E-state index in [-0.39, 0.29) is 39.6 Å². The van der Waals surface area contributed by atoms with Crippen LogP contribution in [-0.4, -0.2) is 55.7 Å². The lowest BCUT2D eigenvalue weighted by Gasteiger charge is -2.73. The molecule has 0 spiro atoms. The third-order valence-corrected chi connectivity index (χ3v) is 17.4. The molecule has 0 aromatic rings. The molecule has 0 bridgehead atoms.